The van der Waals surface area contributed by atoms with Crippen LogP contribution in [0.4, 0.5) is 26.1 Å². The molecule has 1 N–H and O–H groups in total. The lowest BCUT2D eigenvalue weighted by Crippen LogP contribution is -2.40. The second kappa shape index (κ2) is 18.2. The predicted octanol–water partition coefficient (Wildman–Crippen LogP) is 10.5. The highest BCUT2D eigenvalue weighted by Gasteiger charge is 2.31. The molecule has 7 nitrogen and oxygen atoms in total. The van der Waals surface area contributed by atoms with E-state index in [4.69, 9.17) is 9.72 Å². The number of ether oxygens (including phenoxy) is 1. The van der Waals surface area contributed by atoms with Crippen molar-refractivity contribution in [1.29, 1.82) is 0 Å². The standard InChI is InChI=1S/C34H36I4N4O3S/c1-6-7-11-20-41(5)30-19-18-27(21-28(30)34(35,37-3)38-4)42(31(43)40-33(44)45-22-24-12-9-8-10-13-24)32-39-29(23-46-32)25-14-16-26(36-2)17-15-25/h8-10,12-19,21,23H,2-4,6-7,11,20,22H2,1,5H3,(H,40,43,44). The maximum absolute atomic E-state index is 13.9. The SMILES string of the molecule is C=Ic1ccc(-c2csc(N(C(=O)NC(=O)OCc3ccccc3)c3ccc(N(C)CCCCC)c(C(I)(I=C)I=C)c3)n2)cc1. The second-order valence-corrected chi connectivity index (χ2v) is 25.5. The first-order chi connectivity index (χ1) is 22.2. The van der Waals surface area contributed by atoms with E-state index >= 15 is 0 Å². The van der Waals surface area contributed by atoms with Gasteiger partial charge < -0.3 is 9.64 Å². The van der Waals surface area contributed by atoms with E-state index < -0.39 is 53.6 Å². The molecule has 12 heteroatoms. The van der Waals surface area contributed by atoms with E-state index in [0.717, 1.165) is 53.9 Å². The normalized spacial score (nSPS) is 11.2. The maximum Gasteiger partial charge on any atom is 0.415 e. The van der Waals surface area contributed by atoms with Gasteiger partial charge in [0.05, 0.1) is 11.4 Å². The molecule has 4 aromatic rings. The molecule has 0 radical (unpaired) electrons. The minimum atomic E-state index is -0.828. The van der Waals surface area contributed by atoms with Gasteiger partial charge in [0.1, 0.15) is 6.04 Å². The Balaban J connectivity index is 1.74. The van der Waals surface area contributed by atoms with Crippen molar-refractivity contribution in [2.75, 3.05) is 23.4 Å². The van der Waals surface area contributed by atoms with E-state index in [1.54, 1.807) is 0 Å². The molecule has 0 unspecified atom stereocenters. The van der Waals surface area contributed by atoms with Gasteiger partial charge in [-0.05, 0) is 42.3 Å². The number of anilines is 3. The predicted molar refractivity (Wildman–Crippen MR) is 232 cm³/mol. The highest BCUT2D eigenvalue weighted by Crippen LogP contribution is 2.55. The van der Waals surface area contributed by atoms with E-state index in [9.17, 15) is 9.59 Å². The largest absolute Gasteiger partial charge is 0.444 e. The summed E-state index contributed by atoms with van der Waals surface area (Å²) in [6, 6.07) is 23.0. The Kier molecular flexibility index (Phi) is 14.7. The number of amides is 3. The number of hydrogen-bond donors (Lipinski definition) is 1. The number of urea groups is 1. The van der Waals surface area contributed by atoms with E-state index in [0.29, 0.717) is 10.8 Å². The molecule has 3 aromatic carbocycles. The van der Waals surface area contributed by atoms with Crippen molar-refractivity contribution < 1.29 is 14.3 Å². The van der Waals surface area contributed by atoms with Crippen molar-refractivity contribution in [3.8, 4) is 11.3 Å². The van der Waals surface area contributed by atoms with Crippen LogP contribution in [0.5, 0.6) is 0 Å². The van der Waals surface area contributed by atoms with Gasteiger partial charge in [0.2, 0.25) is 0 Å². The van der Waals surface area contributed by atoms with E-state index in [1.807, 2.05) is 53.9 Å². The molecule has 244 valence electrons. The number of carbonyl (C=O) groups excluding carboxylic acids is 2. The summed E-state index contributed by atoms with van der Waals surface area (Å²) >= 11 is 2.69. The molecule has 0 saturated carbocycles. The first-order valence-corrected chi connectivity index (χ1v) is 24.1. The third-order valence-corrected chi connectivity index (χ3v) is 20.8. The average molecular weight is 1090 g/mol. The van der Waals surface area contributed by atoms with Gasteiger partial charge in [-0.15, -0.1) is 11.3 Å². The Morgan fingerprint density at radius 2 is 1.74 bits per heavy atom. The van der Waals surface area contributed by atoms with Gasteiger partial charge in [0.15, 0.2) is 5.13 Å². The molecular weight excluding hydrogens is 1050 g/mol. The lowest BCUT2D eigenvalue weighted by atomic mass is 10.1. The molecule has 0 aliphatic rings. The molecular formula is C34H36I4N4O3S. The number of nitrogens with one attached hydrogen (secondary N) is 1. The minimum Gasteiger partial charge on any atom is -0.444 e. The van der Waals surface area contributed by atoms with Gasteiger partial charge in [0, 0.05) is 39.4 Å². The Morgan fingerprint density at radius 1 is 1.02 bits per heavy atom. The summed E-state index contributed by atoms with van der Waals surface area (Å²) in [5, 5.41) is 4.81. The fraction of sp³-hybridized carbons (Fsp3) is 0.235. The molecule has 1 aromatic heterocycles. The Morgan fingerprint density at radius 3 is 2.39 bits per heavy atom. The first-order valence-electron chi connectivity index (χ1n) is 14.3. The summed E-state index contributed by atoms with van der Waals surface area (Å²) < 4.78 is 19.3. The smallest absolute Gasteiger partial charge is 0.415 e. The molecule has 0 bridgehead atoms. The third-order valence-electron chi connectivity index (χ3n) is 6.99. The van der Waals surface area contributed by atoms with Gasteiger partial charge in [-0.2, -0.15) is 0 Å². The summed E-state index contributed by atoms with van der Waals surface area (Å²) in [6.07, 6.45) is 2.59. The number of aromatic nitrogens is 1. The van der Waals surface area contributed by atoms with Crippen molar-refractivity contribution in [2.45, 2.75) is 32.2 Å². The van der Waals surface area contributed by atoms with Crippen molar-refractivity contribution in [1.82, 2.24) is 10.3 Å². The number of benzene rings is 3. The average Bonchev–Trinajstić information content (AvgIpc) is 3.57. The van der Waals surface area contributed by atoms with Crippen LogP contribution in [0.15, 0.2) is 78.2 Å². The van der Waals surface area contributed by atoms with Gasteiger partial charge in [0.25, 0.3) is 0 Å². The number of halogens is 4. The van der Waals surface area contributed by atoms with Crippen LogP contribution in [0.25, 0.3) is 11.3 Å². The highest BCUT2D eigenvalue weighted by atomic mass is 127. The van der Waals surface area contributed by atoms with Gasteiger partial charge in [-0.1, -0.05) is 161 Å². The van der Waals surface area contributed by atoms with Crippen LogP contribution in [0.2, 0.25) is 0 Å². The van der Waals surface area contributed by atoms with Gasteiger partial charge >= 0.3 is 12.1 Å². The third kappa shape index (κ3) is 9.72. The van der Waals surface area contributed by atoms with Crippen LogP contribution < -0.4 is 15.1 Å². The van der Waals surface area contributed by atoms with E-state index in [1.165, 1.54) is 19.8 Å². The van der Waals surface area contributed by atoms with Crippen molar-refractivity contribution >= 4 is 138 Å². The van der Waals surface area contributed by atoms with Crippen LogP contribution in [-0.4, -0.2) is 44.2 Å². The number of nitrogens with zero attached hydrogens (tertiary/aromatic N) is 3. The Hall–Kier alpha value is -1.64. The fourth-order valence-electron chi connectivity index (χ4n) is 4.55. The lowest BCUT2D eigenvalue weighted by Gasteiger charge is -2.30. The maximum atomic E-state index is 13.9. The van der Waals surface area contributed by atoms with Crippen LogP contribution in [-0.2, 0) is 10.8 Å². The number of alkyl halides is 3. The van der Waals surface area contributed by atoms with Crippen molar-refractivity contribution in [3.63, 3.8) is 0 Å². The number of carbonyl (C=O) groups is 2. The summed E-state index contributed by atoms with van der Waals surface area (Å²) in [6.45, 7) is 3.18. The Labute approximate surface area is 318 Å². The van der Waals surface area contributed by atoms with E-state index in [2.05, 4.69) is 84.6 Å². The number of unbranched alkanes of at least 4 members (excludes halogenated alkanes) is 2. The quantitative estimate of drug-likeness (QED) is 0.0774. The zero-order valence-corrected chi connectivity index (χ0v) is 35.1. The number of thiazole rings is 1. The topological polar surface area (TPSA) is 74.8 Å². The molecule has 0 atom stereocenters. The van der Waals surface area contributed by atoms with E-state index in [-0.39, 0.29) is 26.8 Å². The minimum absolute atomic E-state index is 0.0494. The van der Waals surface area contributed by atoms with Crippen LogP contribution in [0.3, 0.4) is 0 Å². The van der Waals surface area contributed by atoms with Gasteiger partial charge in [-0.3, -0.25) is 0 Å². The summed E-state index contributed by atoms with van der Waals surface area (Å²) in [4.78, 5) is 35.4. The molecule has 0 spiro atoms. The van der Waals surface area contributed by atoms with Crippen LogP contribution in [0, 0.1) is 3.57 Å². The number of hydrogen-bond acceptors (Lipinski definition) is 6. The van der Waals surface area contributed by atoms with Crippen molar-refractivity contribution in [2.24, 2.45) is 0 Å². The molecule has 0 fully saturated rings. The zero-order valence-electron chi connectivity index (χ0n) is 25.6. The summed E-state index contributed by atoms with van der Waals surface area (Å²) in [5.41, 5.74) is 5.39. The Bertz CT molecular complexity index is 1670. The van der Waals surface area contributed by atoms with Gasteiger partial charge in [-0.25, -0.2) is 24.8 Å². The number of rotatable bonds is 14. The summed E-state index contributed by atoms with van der Waals surface area (Å²) in [7, 11) is 2.12. The zero-order chi connectivity index (χ0) is 33.1. The molecule has 3 amide bonds. The summed E-state index contributed by atoms with van der Waals surface area (Å²) in [5.74, 6) is 0. The molecule has 0 aliphatic heterocycles. The molecule has 0 aliphatic carbocycles. The molecule has 4 rings (SSSR count). The van der Waals surface area contributed by atoms with Crippen molar-refractivity contribution in [3.05, 3.63) is 92.9 Å². The van der Waals surface area contributed by atoms with Crippen LogP contribution in [0.1, 0.15) is 37.3 Å². The fourth-order valence-corrected chi connectivity index (χ4v) is 9.96. The monoisotopic (exact) mass is 1090 g/mol. The second-order valence-electron chi connectivity index (χ2n) is 10.1. The number of imide groups is 1. The lowest BCUT2D eigenvalue weighted by molar-refractivity contribution is 0.141. The molecule has 1 heterocycles. The molecule has 0 saturated heterocycles. The van der Waals surface area contributed by atoms with Crippen LogP contribution >= 0.6 is 96.1 Å². The highest BCUT2D eigenvalue weighted by molar-refractivity contribution is 14.3. The number of alkyl carbamates (subject to hydrolysis) is 1. The first kappa shape index (κ1) is 37.2. The molecule has 46 heavy (non-hydrogen) atoms.